The van der Waals surface area contributed by atoms with Crippen LogP contribution in [0.2, 0.25) is 0 Å². The Hall–Kier alpha value is -2.61. The van der Waals surface area contributed by atoms with E-state index in [2.05, 4.69) is 4.72 Å². The van der Waals surface area contributed by atoms with Crippen molar-refractivity contribution in [2.45, 2.75) is 43.9 Å². The van der Waals surface area contributed by atoms with Gasteiger partial charge in [-0.15, -0.1) is 0 Å². The fourth-order valence-corrected chi connectivity index (χ4v) is 5.26. The molecule has 4 rings (SSSR count). The highest BCUT2D eigenvalue weighted by Gasteiger charge is 2.32. The molecule has 160 valence electrons. The topological polar surface area (TPSA) is 75.7 Å². The first-order valence-electron chi connectivity index (χ1n) is 10.3. The first kappa shape index (κ1) is 20.7. The van der Waals surface area contributed by atoms with Gasteiger partial charge < -0.3 is 9.64 Å². The molecule has 6 nitrogen and oxygen atoms in total. The van der Waals surface area contributed by atoms with Crippen molar-refractivity contribution < 1.29 is 22.3 Å². The van der Waals surface area contributed by atoms with Crippen LogP contribution in [0.3, 0.4) is 0 Å². The Morgan fingerprint density at radius 3 is 2.67 bits per heavy atom. The molecule has 2 aromatic rings. The molecule has 0 spiro atoms. The number of hydrogen-bond donors (Lipinski definition) is 1. The Kier molecular flexibility index (Phi) is 5.69. The number of hydrogen-bond acceptors (Lipinski definition) is 4. The highest BCUT2D eigenvalue weighted by Crippen LogP contribution is 2.35. The van der Waals surface area contributed by atoms with Gasteiger partial charge in [0.25, 0.3) is 10.0 Å². The predicted octanol–water partition coefficient (Wildman–Crippen LogP) is 4.10. The van der Waals surface area contributed by atoms with Crippen LogP contribution >= 0.6 is 0 Å². The molecule has 0 bridgehead atoms. The van der Waals surface area contributed by atoms with Crippen LogP contribution in [0.4, 0.5) is 15.8 Å². The number of sulfonamides is 1. The number of ether oxygens (including phenoxy) is 1. The first-order valence-corrected chi connectivity index (χ1v) is 11.8. The average Bonchev–Trinajstić information content (AvgIpc) is 3.38. The number of fused-ring (bicyclic) bond motifs is 1. The molecule has 1 heterocycles. The predicted molar refractivity (Wildman–Crippen MR) is 113 cm³/mol. The third kappa shape index (κ3) is 4.01. The van der Waals surface area contributed by atoms with E-state index in [4.69, 9.17) is 4.74 Å². The molecule has 0 atom stereocenters. The minimum Gasteiger partial charge on any atom is -0.491 e. The molecular formula is C22H25FN2O4S. The van der Waals surface area contributed by atoms with E-state index in [1.807, 2.05) is 6.07 Å². The van der Waals surface area contributed by atoms with Gasteiger partial charge in [-0.3, -0.25) is 9.52 Å². The Morgan fingerprint density at radius 2 is 1.97 bits per heavy atom. The van der Waals surface area contributed by atoms with Crippen LogP contribution in [-0.2, 0) is 21.2 Å². The minimum absolute atomic E-state index is 0.00930. The van der Waals surface area contributed by atoms with Crippen LogP contribution in [0, 0.1) is 11.7 Å². The number of carbonyl (C=O) groups excluding carboxylic acids is 1. The maximum Gasteiger partial charge on any atom is 0.262 e. The van der Waals surface area contributed by atoms with Crippen LogP contribution in [0.15, 0.2) is 41.3 Å². The summed E-state index contributed by atoms with van der Waals surface area (Å²) < 4.78 is 47.2. The second kappa shape index (κ2) is 8.26. The number of rotatable bonds is 6. The molecule has 30 heavy (non-hydrogen) atoms. The lowest BCUT2D eigenvalue weighted by Gasteiger charge is -2.22. The molecule has 1 amide bonds. The monoisotopic (exact) mass is 432 g/mol. The summed E-state index contributed by atoms with van der Waals surface area (Å²) in [6, 6.07) is 8.75. The molecule has 0 saturated heterocycles. The van der Waals surface area contributed by atoms with Crippen LogP contribution in [0.25, 0.3) is 0 Å². The van der Waals surface area contributed by atoms with Crippen LogP contribution in [-0.4, -0.2) is 27.5 Å². The number of amides is 1. The van der Waals surface area contributed by atoms with Gasteiger partial charge >= 0.3 is 0 Å². The second-order valence-corrected chi connectivity index (χ2v) is 9.38. The quantitative estimate of drug-likeness (QED) is 0.746. The van der Waals surface area contributed by atoms with Gasteiger partial charge in [-0.2, -0.15) is 0 Å². The number of benzene rings is 2. The summed E-state index contributed by atoms with van der Waals surface area (Å²) in [6.45, 7) is 2.62. The molecule has 2 aliphatic rings. The Balaban J connectivity index is 1.56. The zero-order valence-electron chi connectivity index (χ0n) is 16.9. The maximum atomic E-state index is 14.1. The van der Waals surface area contributed by atoms with Gasteiger partial charge in [-0.05, 0) is 62.1 Å². The lowest BCUT2D eigenvalue weighted by atomic mass is 10.1. The van der Waals surface area contributed by atoms with Crippen molar-refractivity contribution in [3.63, 3.8) is 0 Å². The summed E-state index contributed by atoms with van der Waals surface area (Å²) in [5.41, 5.74) is 2.12. The molecular weight excluding hydrogens is 407 g/mol. The maximum absolute atomic E-state index is 14.1. The number of carbonyl (C=O) groups is 1. The number of nitrogens with zero attached hydrogens (tertiary/aromatic N) is 1. The zero-order valence-corrected chi connectivity index (χ0v) is 17.7. The fraction of sp³-hybridized carbons (Fsp3) is 0.409. The third-order valence-electron chi connectivity index (χ3n) is 5.72. The summed E-state index contributed by atoms with van der Waals surface area (Å²) in [4.78, 5) is 14.5. The van der Waals surface area contributed by atoms with Gasteiger partial charge in [0.2, 0.25) is 5.91 Å². The summed E-state index contributed by atoms with van der Waals surface area (Å²) in [5.74, 6) is -0.542. The van der Waals surface area contributed by atoms with Crippen LogP contribution in [0.5, 0.6) is 5.75 Å². The van der Waals surface area contributed by atoms with Crippen LogP contribution in [0.1, 0.15) is 38.2 Å². The lowest BCUT2D eigenvalue weighted by molar-refractivity contribution is -0.122. The van der Waals surface area contributed by atoms with Gasteiger partial charge in [0.15, 0.2) is 11.6 Å². The average molecular weight is 433 g/mol. The van der Waals surface area contributed by atoms with E-state index in [-0.39, 0.29) is 29.1 Å². The minimum atomic E-state index is -3.99. The van der Waals surface area contributed by atoms with Crippen molar-refractivity contribution in [2.75, 3.05) is 22.8 Å². The van der Waals surface area contributed by atoms with Crippen molar-refractivity contribution >= 4 is 27.3 Å². The first-order chi connectivity index (χ1) is 14.4. The van der Waals surface area contributed by atoms with Crippen LogP contribution < -0.4 is 14.4 Å². The van der Waals surface area contributed by atoms with Crippen molar-refractivity contribution in [1.29, 1.82) is 0 Å². The summed E-state index contributed by atoms with van der Waals surface area (Å²) >= 11 is 0. The molecule has 0 radical (unpaired) electrons. The Morgan fingerprint density at radius 1 is 1.20 bits per heavy atom. The fourth-order valence-electron chi connectivity index (χ4n) is 4.20. The molecule has 1 N–H and O–H groups in total. The van der Waals surface area contributed by atoms with Gasteiger partial charge in [-0.25, -0.2) is 12.8 Å². The zero-order chi connectivity index (χ0) is 21.3. The summed E-state index contributed by atoms with van der Waals surface area (Å²) in [6.07, 6.45) is 4.75. The van der Waals surface area contributed by atoms with Gasteiger partial charge in [0.05, 0.1) is 17.2 Å². The van der Waals surface area contributed by atoms with E-state index in [1.165, 1.54) is 12.1 Å². The van der Waals surface area contributed by atoms with Crippen molar-refractivity contribution in [3.8, 4) is 5.75 Å². The third-order valence-corrected chi connectivity index (χ3v) is 7.10. The molecule has 0 unspecified atom stereocenters. The Labute approximate surface area is 176 Å². The molecule has 1 saturated carbocycles. The SMILES string of the molecule is CCOc1ccc(S(=O)(=O)Nc2ccc3c(c2)N(C(=O)C2CCCC2)CC3)cc1F. The molecule has 1 aliphatic heterocycles. The van der Waals surface area contributed by atoms with E-state index < -0.39 is 15.8 Å². The number of nitrogens with one attached hydrogen (secondary N) is 1. The number of anilines is 2. The highest BCUT2D eigenvalue weighted by molar-refractivity contribution is 7.92. The number of halogens is 1. The second-order valence-electron chi connectivity index (χ2n) is 7.70. The van der Waals surface area contributed by atoms with E-state index >= 15 is 0 Å². The smallest absolute Gasteiger partial charge is 0.262 e. The van der Waals surface area contributed by atoms with Crippen molar-refractivity contribution in [2.24, 2.45) is 5.92 Å². The lowest BCUT2D eigenvalue weighted by Crippen LogP contribution is -2.33. The Bertz CT molecular complexity index is 1060. The van der Waals surface area contributed by atoms with Crippen molar-refractivity contribution in [3.05, 3.63) is 47.8 Å². The molecule has 8 heteroatoms. The molecule has 2 aromatic carbocycles. The van der Waals surface area contributed by atoms with Gasteiger partial charge in [0, 0.05) is 18.2 Å². The van der Waals surface area contributed by atoms with E-state index in [0.717, 1.165) is 49.4 Å². The largest absolute Gasteiger partial charge is 0.491 e. The molecule has 1 aliphatic carbocycles. The van der Waals surface area contributed by atoms with E-state index in [9.17, 15) is 17.6 Å². The summed E-state index contributed by atoms with van der Waals surface area (Å²) in [7, 11) is -3.99. The van der Waals surface area contributed by atoms with Gasteiger partial charge in [0.1, 0.15) is 0 Å². The van der Waals surface area contributed by atoms with E-state index in [1.54, 1.807) is 24.0 Å². The standard InChI is InChI=1S/C22H25FN2O4S/c1-2-29-21-10-9-18(14-19(21)23)30(27,28)24-17-8-7-15-11-12-25(20(15)13-17)22(26)16-5-3-4-6-16/h7-10,13-14,16,24H,2-6,11-12H2,1H3. The van der Waals surface area contributed by atoms with E-state index in [0.29, 0.717) is 12.2 Å². The summed E-state index contributed by atoms with van der Waals surface area (Å²) in [5, 5.41) is 0. The molecule has 1 fully saturated rings. The van der Waals surface area contributed by atoms with Gasteiger partial charge in [-0.1, -0.05) is 18.9 Å². The molecule has 0 aromatic heterocycles. The highest BCUT2D eigenvalue weighted by atomic mass is 32.2. The van der Waals surface area contributed by atoms with Crippen molar-refractivity contribution in [1.82, 2.24) is 0 Å². The normalized spacial score (nSPS) is 16.5.